The maximum Gasteiger partial charge on any atom is 0.326 e. The first-order valence-corrected chi connectivity index (χ1v) is 12.2. The molecule has 0 aliphatic carbocycles. The predicted octanol–water partition coefficient (Wildman–Crippen LogP) is 0.901. The van der Waals surface area contributed by atoms with Crippen LogP contribution in [-0.2, 0) is 19.2 Å². The van der Waals surface area contributed by atoms with Crippen molar-refractivity contribution in [1.29, 1.82) is 0 Å². The van der Waals surface area contributed by atoms with Crippen molar-refractivity contribution in [2.75, 3.05) is 6.54 Å². The molecule has 4 atom stereocenters. The van der Waals surface area contributed by atoms with Crippen LogP contribution in [0.25, 0.3) is 0 Å². The third kappa shape index (κ3) is 10.4. The van der Waals surface area contributed by atoms with Gasteiger partial charge in [-0.1, -0.05) is 47.6 Å². The van der Waals surface area contributed by atoms with Gasteiger partial charge in [-0.25, -0.2) is 9.59 Å². The van der Waals surface area contributed by atoms with Crippen molar-refractivity contribution in [1.82, 2.24) is 26.6 Å². The van der Waals surface area contributed by atoms with E-state index in [0.717, 1.165) is 0 Å². The van der Waals surface area contributed by atoms with Crippen LogP contribution in [0.5, 0.6) is 0 Å². The molecule has 6 N–H and O–H groups in total. The minimum Gasteiger partial charge on any atom is -0.480 e. The molecule has 1 aliphatic rings. The van der Waals surface area contributed by atoms with Gasteiger partial charge in [-0.15, -0.1) is 0 Å². The molecule has 0 spiro atoms. The van der Waals surface area contributed by atoms with Gasteiger partial charge in [0, 0.05) is 18.7 Å². The molecule has 0 unspecified atom stereocenters. The summed E-state index contributed by atoms with van der Waals surface area (Å²) in [6.07, 6.45) is 4.61. The SMILES string of the molecule is CC(C)[C@H](NC(=O)N[C@H](C(=O)N[C@H]1CCCCNC(=O)/C=C/[C@H](C(C)C)NC1=O)C(C)C)C(=O)O. The first kappa shape index (κ1) is 29.9. The number of nitrogens with one attached hydrogen (secondary N) is 5. The zero-order valence-corrected chi connectivity index (χ0v) is 21.5. The molecule has 1 rings (SSSR count). The average molecular weight is 496 g/mol. The second-order valence-corrected chi connectivity index (χ2v) is 9.88. The molecule has 1 aliphatic heterocycles. The number of urea groups is 1. The molecule has 0 saturated carbocycles. The Bertz CT molecular complexity index is 795. The van der Waals surface area contributed by atoms with Gasteiger partial charge in [0.05, 0.1) is 0 Å². The third-order valence-corrected chi connectivity index (χ3v) is 5.79. The second-order valence-electron chi connectivity index (χ2n) is 9.88. The monoisotopic (exact) mass is 495 g/mol. The van der Waals surface area contributed by atoms with Gasteiger partial charge in [-0.05, 0) is 37.0 Å². The van der Waals surface area contributed by atoms with Gasteiger partial charge in [0.1, 0.15) is 18.1 Å². The molecule has 0 fully saturated rings. The molecule has 0 radical (unpaired) electrons. The van der Waals surface area contributed by atoms with E-state index in [1.54, 1.807) is 33.8 Å². The van der Waals surface area contributed by atoms with Crippen molar-refractivity contribution in [2.45, 2.75) is 85.0 Å². The number of rotatable bonds is 8. The number of hydrogen-bond acceptors (Lipinski definition) is 5. The molecule has 5 amide bonds. The Morgan fingerprint density at radius 1 is 0.971 bits per heavy atom. The maximum atomic E-state index is 13.1. The van der Waals surface area contributed by atoms with Crippen molar-refractivity contribution < 1.29 is 29.1 Å². The van der Waals surface area contributed by atoms with E-state index < -0.39 is 42.1 Å². The molecule has 35 heavy (non-hydrogen) atoms. The second kappa shape index (κ2) is 14.3. The van der Waals surface area contributed by atoms with Crippen LogP contribution < -0.4 is 26.6 Å². The Labute approximate surface area is 207 Å². The first-order valence-electron chi connectivity index (χ1n) is 12.2. The fraction of sp³-hybridized carbons (Fsp3) is 0.708. The fourth-order valence-electron chi connectivity index (χ4n) is 3.54. The molecule has 11 nitrogen and oxygen atoms in total. The number of carboxylic acid groups (broad SMARTS) is 1. The van der Waals surface area contributed by atoms with Gasteiger partial charge in [0.15, 0.2) is 0 Å². The van der Waals surface area contributed by atoms with Gasteiger partial charge < -0.3 is 31.7 Å². The highest BCUT2D eigenvalue weighted by atomic mass is 16.4. The Balaban J connectivity index is 2.97. The van der Waals surface area contributed by atoms with E-state index in [1.165, 1.54) is 6.08 Å². The molecule has 0 bridgehead atoms. The Kier molecular flexibility index (Phi) is 12.2. The molecule has 0 aromatic heterocycles. The Morgan fingerprint density at radius 3 is 2.11 bits per heavy atom. The highest BCUT2D eigenvalue weighted by Crippen LogP contribution is 2.10. The summed E-state index contributed by atoms with van der Waals surface area (Å²) in [6, 6.07) is -4.10. The number of hydrogen-bond donors (Lipinski definition) is 6. The summed E-state index contributed by atoms with van der Waals surface area (Å²) in [7, 11) is 0. The van der Waals surface area contributed by atoms with E-state index in [1.807, 2.05) is 13.8 Å². The highest BCUT2D eigenvalue weighted by molar-refractivity contribution is 5.93. The van der Waals surface area contributed by atoms with Crippen LogP contribution >= 0.6 is 0 Å². The molecule has 0 aromatic rings. The van der Waals surface area contributed by atoms with E-state index in [9.17, 15) is 29.1 Å². The number of aliphatic carboxylic acids is 1. The Morgan fingerprint density at radius 2 is 1.57 bits per heavy atom. The summed E-state index contributed by atoms with van der Waals surface area (Å²) >= 11 is 0. The molecular formula is C24H41N5O6. The lowest BCUT2D eigenvalue weighted by Gasteiger charge is -2.28. The highest BCUT2D eigenvalue weighted by Gasteiger charge is 2.31. The third-order valence-electron chi connectivity index (χ3n) is 5.79. The quantitative estimate of drug-likeness (QED) is 0.293. The zero-order valence-electron chi connectivity index (χ0n) is 21.5. The van der Waals surface area contributed by atoms with E-state index in [0.29, 0.717) is 25.8 Å². The lowest BCUT2D eigenvalue weighted by Crippen LogP contribution is -2.59. The van der Waals surface area contributed by atoms with Crippen LogP contribution in [0.4, 0.5) is 4.79 Å². The van der Waals surface area contributed by atoms with Crippen molar-refractivity contribution in [3.05, 3.63) is 12.2 Å². The van der Waals surface area contributed by atoms with Crippen LogP contribution in [0, 0.1) is 17.8 Å². The van der Waals surface area contributed by atoms with Crippen molar-refractivity contribution in [2.24, 2.45) is 17.8 Å². The molecule has 11 heteroatoms. The van der Waals surface area contributed by atoms with E-state index in [-0.39, 0.29) is 29.6 Å². The maximum absolute atomic E-state index is 13.1. The molecule has 1 heterocycles. The summed E-state index contributed by atoms with van der Waals surface area (Å²) in [4.78, 5) is 61.9. The van der Waals surface area contributed by atoms with Crippen molar-refractivity contribution in [3.8, 4) is 0 Å². The normalized spacial score (nSPS) is 22.2. The summed E-state index contributed by atoms with van der Waals surface area (Å²) in [6.45, 7) is 11.1. The smallest absolute Gasteiger partial charge is 0.326 e. The van der Waals surface area contributed by atoms with E-state index in [4.69, 9.17) is 0 Å². The topological polar surface area (TPSA) is 166 Å². The number of carbonyl (C=O) groups is 5. The average Bonchev–Trinajstić information content (AvgIpc) is 2.75. The minimum absolute atomic E-state index is 0.0132. The summed E-state index contributed by atoms with van der Waals surface area (Å²) < 4.78 is 0. The van der Waals surface area contributed by atoms with Crippen LogP contribution in [-0.4, -0.2) is 65.5 Å². The van der Waals surface area contributed by atoms with Crippen molar-refractivity contribution in [3.63, 3.8) is 0 Å². The standard InChI is InChI=1S/C24H41N5O6/c1-13(2)16-10-11-18(30)25-12-8-7-9-17(21(31)26-16)27-22(32)19(14(3)4)28-24(35)29-20(15(5)6)23(33)34/h10-11,13-17,19-20H,7-9,12H2,1-6H3,(H,25,30)(H,26,31)(H,27,32)(H,33,34)(H2,28,29,35)/b11-10+/t16-,17+,19+,20+/m1/s1. The van der Waals surface area contributed by atoms with Crippen LogP contribution in [0.1, 0.15) is 60.8 Å². The van der Waals surface area contributed by atoms with Crippen molar-refractivity contribution >= 4 is 29.7 Å². The molecular weight excluding hydrogens is 454 g/mol. The number of amides is 5. The number of carbonyl (C=O) groups excluding carboxylic acids is 4. The summed E-state index contributed by atoms with van der Waals surface area (Å²) in [5.74, 6) is -2.96. The largest absolute Gasteiger partial charge is 0.480 e. The summed E-state index contributed by atoms with van der Waals surface area (Å²) in [5, 5.41) is 22.7. The summed E-state index contributed by atoms with van der Waals surface area (Å²) in [5.41, 5.74) is 0. The van der Waals surface area contributed by atoms with Gasteiger partial charge in [-0.2, -0.15) is 0 Å². The van der Waals surface area contributed by atoms with Gasteiger partial charge in [0.2, 0.25) is 17.7 Å². The van der Waals surface area contributed by atoms with Crippen LogP contribution in [0.2, 0.25) is 0 Å². The minimum atomic E-state index is -1.17. The lowest BCUT2D eigenvalue weighted by atomic mass is 10.00. The lowest BCUT2D eigenvalue weighted by molar-refractivity contribution is -0.140. The van der Waals surface area contributed by atoms with Gasteiger partial charge >= 0.3 is 12.0 Å². The van der Waals surface area contributed by atoms with Crippen LogP contribution in [0.15, 0.2) is 12.2 Å². The molecule has 0 saturated heterocycles. The van der Waals surface area contributed by atoms with Crippen LogP contribution in [0.3, 0.4) is 0 Å². The van der Waals surface area contributed by atoms with Gasteiger partial charge in [0.25, 0.3) is 0 Å². The zero-order chi connectivity index (χ0) is 26.7. The van der Waals surface area contributed by atoms with E-state index in [2.05, 4.69) is 26.6 Å². The number of carboxylic acids is 1. The molecule has 198 valence electrons. The molecule has 0 aromatic carbocycles. The van der Waals surface area contributed by atoms with Gasteiger partial charge in [-0.3, -0.25) is 14.4 Å². The first-order chi connectivity index (χ1) is 16.3. The van der Waals surface area contributed by atoms with E-state index >= 15 is 0 Å². The fourth-order valence-corrected chi connectivity index (χ4v) is 3.54. The predicted molar refractivity (Wildman–Crippen MR) is 131 cm³/mol. The Hall–Kier alpha value is -3.11.